The van der Waals surface area contributed by atoms with Crippen molar-refractivity contribution >= 4 is 10.9 Å². The lowest BCUT2D eigenvalue weighted by atomic mass is 9.77. The van der Waals surface area contributed by atoms with Crippen molar-refractivity contribution in [2.45, 2.75) is 18.8 Å². The van der Waals surface area contributed by atoms with E-state index in [1.807, 2.05) is 42.5 Å². The van der Waals surface area contributed by atoms with Crippen LogP contribution < -0.4 is 5.56 Å². The summed E-state index contributed by atoms with van der Waals surface area (Å²) in [5.74, 6) is 0. The Bertz CT molecular complexity index is 1100. The molecule has 4 aromatic rings. The lowest BCUT2D eigenvalue weighted by Crippen LogP contribution is -2.31. The van der Waals surface area contributed by atoms with Gasteiger partial charge in [-0.15, -0.1) is 0 Å². The topological polar surface area (TPSA) is 45.8 Å². The molecule has 2 aromatic heterocycles. The molecule has 3 heteroatoms. The number of hydrogen-bond donors (Lipinski definition) is 1. The van der Waals surface area contributed by atoms with E-state index < -0.39 is 5.41 Å². The molecule has 1 unspecified atom stereocenters. The first-order valence-electron chi connectivity index (χ1n) is 8.75. The zero-order chi connectivity index (χ0) is 18.0. The van der Waals surface area contributed by atoms with Crippen molar-refractivity contribution in [3.8, 4) is 0 Å². The Morgan fingerprint density at radius 2 is 1.62 bits per heavy atom. The van der Waals surface area contributed by atoms with Gasteiger partial charge in [0.25, 0.3) is 0 Å². The largest absolute Gasteiger partial charge is 0.325 e. The third kappa shape index (κ3) is 3.04. The fraction of sp³-hybridized carbons (Fsp3) is 0.130. The van der Waals surface area contributed by atoms with Gasteiger partial charge < -0.3 is 4.98 Å². The molecule has 2 aromatic carbocycles. The molecule has 26 heavy (non-hydrogen) atoms. The number of para-hydroxylation sites is 1. The van der Waals surface area contributed by atoms with Crippen molar-refractivity contribution in [1.82, 2.24) is 9.97 Å². The van der Waals surface area contributed by atoms with Crippen molar-refractivity contribution in [2.24, 2.45) is 0 Å². The number of pyridine rings is 2. The average Bonchev–Trinajstić information content (AvgIpc) is 2.68. The molecule has 1 N–H and O–H groups in total. The predicted molar refractivity (Wildman–Crippen MR) is 105 cm³/mol. The molecule has 2 heterocycles. The molecule has 1 atom stereocenters. The van der Waals surface area contributed by atoms with E-state index in [-0.39, 0.29) is 5.56 Å². The highest BCUT2D eigenvalue weighted by atomic mass is 16.1. The molecule has 128 valence electrons. The van der Waals surface area contributed by atoms with E-state index in [0.717, 1.165) is 28.7 Å². The number of hydrogen-bond acceptors (Lipinski definition) is 2. The summed E-state index contributed by atoms with van der Waals surface area (Å²) in [5.41, 5.74) is 3.45. The second-order valence-corrected chi connectivity index (χ2v) is 6.81. The molecule has 0 aliphatic rings. The first kappa shape index (κ1) is 16.3. The summed E-state index contributed by atoms with van der Waals surface area (Å²) in [6.07, 6.45) is 0.749. The van der Waals surface area contributed by atoms with Gasteiger partial charge in [-0.2, -0.15) is 0 Å². The van der Waals surface area contributed by atoms with Crippen molar-refractivity contribution in [3.63, 3.8) is 0 Å². The van der Waals surface area contributed by atoms with E-state index in [2.05, 4.69) is 42.2 Å². The quantitative estimate of drug-likeness (QED) is 0.596. The maximum absolute atomic E-state index is 12.0. The summed E-state index contributed by atoms with van der Waals surface area (Å²) in [7, 11) is 0. The van der Waals surface area contributed by atoms with Crippen LogP contribution in [0.2, 0.25) is 0 Å². The Labute approximate surface area is 152 Å². The Morgan fingerprint density at radius 3 is 2.42 bits per heavy atom. The molecule has 0 bridgehead atoms. The minimum Gasteiger partial charge on any atom is -0.325 e. The van der Waals surface area contributed by atoms with E-state index in [1.54, 1.807) is 12.1 Å². The Kier molecular flexibility index (Phi) is 4.13. The van der Waals surface area contributed by atoms with Gasteiger partial charge in [0, 0.05) is 17.1 Å². The fourth-order valence-corrected chi connectivity index (χ4v) is 3.47. The monoisotopic (exact) mass is 340 g/mol. The number of nitrogens with zero attached hydrogens (tertiary/aromatic N) is 1. The minimum atomic E-state index is -0.439. The number of aromatic amines is 1. The van der Waals surface area contributed by atoms with Crippen LogP contribution in [0.1, 0.15) is 23.9 Å². The van der Waals surface area contributed by atoms with Crippen molar-refractivity contribution in [1.29, 1.82) is 0 Å². The number of aromatic nitrogens is 2. The van der Waals surface area contributed by atoms with Gasteiger partial charge in [-0.1, -0.05) is 60.7 Å². The van der Waals surface area contributed by atoms with Gasteiger partial charge in [-0.05, 0) is 37.1 Å². The van der Waals surface area contributed by atoms with E-state index >= 15 is 0 Å². The van der Waals surface area contributed by atoms with E-state index in [4.69, 9.17) is 4.98 Å². The molecular formula is C23H20N2O. The second-order valence-electron chi connectivity index (χ2n) is 6.81. The van der Waals surface area contributed by atoms with Crippen LogP contribution in [0.4, 0.5) is 0 Å². The standard InChI is InChI=1S/C23H20N2O/c1-23(16-17-8-3-2-4-9-17,20-12-7-13-22(26)25-20)21-15-14-18-10-5-6-11-19(18)24-21/h2-15H,16H2,1H3,(H,25,26). The summed E-state index contributed by atoms with van der Waals surface area (Å²) in [6, 6.07) is 27.9. The highest BCUT2D eigenvalue weighted by Gasteiger charge is 2.32. The molecule has 0 fully saturated rings. The number of benzene rings is 2. The van der Waals surface area contributed by atoms with E-state index in [0.29, 0.717) is 0 Å². The predicted octanol–water partition coefficient (Wildman–Crippen LogP) is 4.47. The zero-order valence-electron chi connectivity index (χ0n) is 14.6. The van der Waals surface area contributed by atoms with Crippen molar-refractivity contribution in [2.75, 3.05) is 0 Å². The van der Waals surface area contributed by atoms with Gasteiger partial charge in [0.15, 0.2) is 0 Å². The van der Waals surface area contributed by atoms with Crippen LogP contribution in [0.25, 0.3) is 10.9 Å². The highest BCUT2D eigenvalue weighted by Crippen LogP contribution is 2.33. The van der Waals surface area contributed by atoms with Gasteiger partial charge in [0.2, 0.25) is 5.56 Å². The summed E-state index contributed by atoms with van der Waals surface area (Å²) < 4.78 is 0. The summed E-state index contributed by atoms with van der Waals surface area (Å²) in [6.45, 7) is 2.14. The molecule has 3 nitrogen and oxygen atoms in total. The minimum absolute atomic E-state index is 0.0948. The summed E-state index contributed by atoms with van der Waals surface area (Å²) in [4.78, 5) is 19.9. The number of rotatable bonds is 4. The Hall–Kier alpha value is -3.20. The van der Waals surface area contributed by atoms with Crippen LogP contribution in [0, 0.1) is 0 Å². The van der Waals surface area contributed by atoms with E-state index in [9.17, 15) is 4.79 Å². The zero-order valence-corrected chi connectivity index (χ0v) is 14.6. The molecule has 0 saturated heterocycles. The molecule has 4 rings (SSSR count). The molecule has 0 aliphatic carbocycles. The maximum atomic E-state index is 12.0. The normalized spacial score (nSPS) is 13.4. The fourth-order valence-electron chi connectivity index (χ4n) is 3.47. The van der Waals surface area contributed by atoms with Crippen molar-refractivity contribution < 1.29 is 0 Å². The summed E-state index contributed by atoms with van der Waals surface area (Å²) >= 11 is 0. The number of H-pyrrole nitrogens is 1. The van der Waals surface area contributed by atoms with Crippen LogP contribution in [0.15, 0.2) is 89.7 Å². The van der Waals surface area contributed by atoms with Crippen molar-refractivity contribution in [3.05, 3.63) is 112 Å². The lowest BCUT2D eigenvalue weighted by Gasteiger charge is -2.29. The van der Waals surface area contributed by atoms with Gasteiger partial charge in [-0.3, -0.25) is 9.78 Å². The second kappa shape index (κ2) is 6.60. The molecular weight excluding hydrogens is 320 g/mol. The van der Waals surface area contributed by atoms with Crippen LogP contribution in [-0.2, 0) is 11.8 Å². The third-order valence-electron chi connectivity index (χ3n) is 4.93. The SMILES string of the molecule is CC(Cc1ccccc1)(c1ccc2ccccc2n1)c1cccc(=O)[nH]1. The van der Waals surface area contributed by atoms with Gasteiger partial charge >= 0.3 is 0 Å². The lowest BCUT2D eigenvalue weighted by molar-refractivity contribution is 0.532. The Balaban J connectivity index is 1.90. The first-order valence-corrected chi connectivity index (χ1v) is 8.75. The maximum Gasteiger partial charge on any atom is 0.248 e. The third-order valence-corrected chi connectivity index (χ3v) is 4.93. The van der Waals surface area contributed by atoms with Crippen LogP contribution in [0.5, 0.6) is 0 Å². The van der Waals surface area contributed by atoms with Gasteiger partial charge in [0.1, 0.15) is 0 Å². The first-order chi connectivity index (χ1) is 12.6. The molecule has 0 radical (unpaired) electrons. The van der Waals surface area contributed by atoms with Crippen LogP contribution in [0.3, 0.4) is 0 Å². The molecule has 0 aliphatic heterocycles. The van der Waals surface area contributed by atoms with Crippen LogP contribution in [-0.4, -0.2) is 9.97 Å². The molecule has 0 amide bonds. The number of fused-ring (bicyclic) bond motifs is 1. The van der Waals surface area contributed by atoms with Gasteiger partial charge in [-0.25, -0.2) is 0 Å². The molecule has 0 saturated carbocycles. The summed E-state index contributed by atoms with van der Waals surface area (Å²) in [5, 5.41) is 1.11. The molecule has 0 spiro atoms. The van der Waals surface area contributed by atoms with Gasteiger partial charge in [0.05, 0.1) is 16.6 Å². The van der Waals surface area contributed by atoms with Crippen LogP contribution >= 0.6 is 0 Å². The van der Waals surface area contributed by atoms with E-state index in [1.165, 1.54) is 5.56 Å². The number of nitrogens with one attached hydrogen (secondary N) is 1. The average molecular weight is 340 g/mol. The Morgan fingerprint density at radius 1 is 0.846 bits per heavy atom. The smallest absolute Gasteiger partial charge is 0.248 e. The highest BCUT2D eigenvalue weighted by molar-refractivity contribution is 5.78.